The second kappa shape index (κ2) is 7.50. The molecule has 1 aromatic carbocycles. The van der Waals surface area contributed by atoms with Crippen molar-refractivity contribution in [1.29, 1.82) is 5.26 Å². The fourth-order valence-corrected chi connectivity index (χ4v) is 8.48. The molecule has 2 spiro atoms. The Hall–Kier alpha value is -2.01. The van der Waals surface area contributed by atoms with E-state index in [1.807, 2.05) is 37.2 Å². The summed E-state index contributed by atoms with van der Waals surface area (Å²) in [5.41, 5.74) is 1.96. The van der Waals surface area contributed by atoms with Gasteiger partial charge in [-0.2, -0.15) is 5.26 Å². The third-order valence-corrected chi connectivity index (χ3v) is 10.4. The zero-order valence-electron chi connectivity index (χ0n) is 20.9. The average Bonchev–Trinajstić information content (AvgIpc) is 3.38. The number of ether oxygens (including phenoxy) is 1. The summed E-state index contributed by atoms with van der Waals surface area (Å²) >= 11 is 0. The number of nitrogens with zero attached hydrogens (tertiary/aromatic N) is 2. The molecule has 35 heavy (non-hydrogen) atoms. The number of fused-ring (bicyclic) bond motifs is 1. The van der Waals surface area contributed by atoms with E-state index in [1.165, 1.54) is 11.1 Å². The summed E-state index contributed by atoms with van der Waals surface area (Å²) in [6, 6.07) is 10.7. The Morgan fingerprint density at radius 1 is 1.11 bits per heavy atom. The molecule has 3 fully saturated rings. The van der Waals surface area contributed by atoms with Crippen LogP contribution in [-0.2, 0) is 11.3 Å². The summed E-state index contributed by atoms with van der Waals surface area (Å²) in [4.78, 5) is 1.98. The molecule has 1 aromatic rings. The van der Waals surface area contributed by atoms with Gasteiger partial charge in [-0.1, -0.05) is 43.3 Å². The number of aliphatic hydroxyl groups excluding tert-OH is 3. The van der Waals surface area contributed by atoms with Gasteiger partial charge in [0.1, 0.15) is 11.5 Å². The molecule has 2 saturated carbocycles. The molecule has 2 heterocycles. The normalized spacial score (nSPS) is 45.8. The predicted octanol–water partition coefficient (Wildman–Crippen LogP) is 3.18. The first kappa shape index (κ1) is 23.4. The smallest absolute Gasteiger partial charge is 0.105 e. The number of aliphatic hydroxyl groups is 3. The Morgan fingerprint density at radius 3 is 2.51 bits per heavy atom. The molecule has 0 radical (unpaired) electrons. The van der Waals surface area contributed by atoms with Crippen LogP contribution in [0, 0.1) is 28.1 Å². The van der Waals surface area contributed by atoms with Crippen LogP contribution in [0.3, 0.4) is 0 Å². The lowest BCUT2D eigenvalue weighted by Gasteiger charge is -2.61. The van der Waals surface area contributed by atoms with E-state index in [9.17, 15) is 20.6 Å². The molecule has 6 nitrogen and oxygen atoms in total. The molecule has 3 N–H and O–H groups in total. The van der Waals surface area contributed by atoms with E-state index in [2.05, 4.69) is 31.2 Å². The minimum absolute atomic E-state index is 0.0338. The molecule has 186 valence electrons. The summed E-state index contributed by atoms with van der Waals surface area (Å²) in [6.45, 7) is 2.37. The van der Waals surface area contributed by atoms with Crippen molar-refractivity contribution in [1.82, 2.24) is 4.90 Å². The molecule has 3 aliphatic carbocycles. The highest BCUT2D eigenvalue weighted by atomic mass is 16.5. The Balaban J connectivity index is 1.43. The summed E-state index contributed by atoms with van der Waals surface area (Å²) < 4.78 is 7.22. The lowest BCUT2D eigenvalue weighted by atomic mass is 9.49. The summed E-state index contributed by atoms with van der Waals surface area (Å²) in [6.07, 6.45) is 7.03. The second-order valence-corrected chi connectivity index (χ2v) is 12.0. The van der Waals surface area contributed by atoms with Gasteiger partial charge < -0.3 is 25.0 Å². The van der Waals surface area contributed by atoms with E-state index in [-0.39, 0.29) is 24.0 Å². The van der Waals surface area contributed by atoms with E-state index in [1.54, 1.807) is 0 Å². The molecule has 0 amide bonds. The van der Waals surface area contributed by atoms with E-state index >= 15 is 0 Å². The van der Waals surface area contributed by atoms with Gasteiger partial charge in [-0.05, 0) is 80.3 Å². The highest BCUT2D eigenvalue weighted by Crippen LogP contribution is 2.72. The highest BCUT2D eigenvalue weighted by molar-refractivity contribution is 5.74. The van der Waals surface area contributed by atoms with Crippen molar-refractivity contribution in [2.45, 2.75) is 81.5 Å². The van der Waals surface area contributed by atoms with Crippen LogP contribution in [0.1, 0.15) is 56.6 Å². The van der Waals surface area contributed by atoms with Gasteiger partial charge in [-0.25, -0.2) is 0 Å². The number of likely N-dealkylation sites (N-methyl/N-ethyl adjacent to an activating group) is 1. The van der Waals surface area contributed by atoms with Gasteiger partial charge in [0.25, 0.3) is 0 Å². The van der Waals surface area contributed by atoms with Crippen LogP contribution < -0.4 is 0 Å². The minimum Gasteiger partial charge on any atom is -0.392 e. The van der Waals surface area contributed by atoms with Gasteiger partial charge >= 0.3 is 0 Å². The Kier molecular flexibility index (Phi) is 5.01. The maximum Gasteiger partial charge on any atom is 0.105 e. The van der Waals surface area contributed by atoms with E-state index in [4.69, 9.17) is 4.74 Å². The zero-order chi connectivity index (χ0) is 24.8. The number of rotatable bonds is 3. The molecule has 0 aromatic heterocycles. The van der Waals surface area contributed by atoms with E-state index in [0.29, 0.717) is 12.8 Å². The lowest BCUT2D eigenvalue weighted by molar-refractivity contribution is -0.223. The monoisotopic (exact) mass is 476 g/mol. The lowest BCUT2D eigenvalue weighted by Crippen LogP contribution is -2.66. The first-order chi connectivity index (χ1) is 16.7. The molecular weight excluding hydrogens is 440 g/mol. The van der Waals surface area contributed by atoms with Gasteiger partial charge in [-0.3, -0.25) is 0 Å². The van der Waals surface area contributed by atoms with Crippen LogP contribution in [0.5, 0.6) is 0 Å². The largest absolute Gasteiger partial charge is 0.392 e. The third kappa shape index (κ3) is 2.82. The molecular formula is C29H36N2O4. The standard InChI is InChI=1S/C29H36N2O4/c1-26-10-11-27(17-30)14-21-24(33)25(34)22(31(2)3)15-28(21)12-13-29(27,35-28)23(26)9-8-20(26)19-6-4-18(16-32)5-7-19/h4-8,14,22-25,32-34H,9-13,15-16H2,1-3H3/t22-,23?,24+,25+,26+,27?,28+,29-/m0/s1. The highest BCUT2D eigenvalue weighted by Gasteiger charge is 2.74. The maximum atomic E-state index is 11.2. The van der Waals surface area contributed by atoms with Gasteiger partial charge in [-0.15, -0.1) is 0 Å². The molecule has 2 bridgehead atoms. The van der Waals surface area contributed by atoms with Gasteiger partial charge in [0.2, 0.25) is 0 Å². The van der Waals surface area contributed by atoms with Crippen molar-refractivity contribution in [2.24, 2.45) is 16.7 Å². The summed E-state index contributed by atoms with van der Waals surface area (Å²) in [5, 5.41) is 42.2. The van der Waals surface area contributed by atoms with Crippen molar-refractivity contribution in [3.05, 3.63) is 53.1 Å². The second-order valence-electron chi connectivity index (χ2n) is 12.0. The molecule has 2 aliphatic heterocycles. The summed E-state index contributed by atoms with van der Waals surface area (Å²) in [7, 11) is 3.87. The van der Waals surface area contributed by atoms with Crippen LogP contribution >= 0.6 is 0 Å². The fourth-order valence-electron chi connectivity index (χ4n) is 8.48. The number of nitriles is 1. The fraction of sp³-hybridized carbons (Fsp3) is 0.621. The zero-order valence-corrected chi connectivity index (χ0v) is 20.9. The molecule has 2 unspecified atom stereocenters. The number of hydrogen-bond donors (Lipinski definition) is 3. The Morgan fingerprint density at radius 2 is 1.86 bits per heavy atom. The average molecular weight is 477 g/mol. The van der Waals surface area contributed by atoms with Gasteiger partial charge in [0.15, 0.2) is 0 Å². The topological polar surface area (TPSA) is 97.0 Å². The minimum atomic E-state index is -1.02. The van der Waals surface area contributed by atoms with Crippen molar-refractivity contribution in [2.75, 3.05) is 14.1 Å². The third-order valence-electron chi connectivity index (χ3n) is 10.4. The Labute approximate surface area is 207 Å². The predicted molar refractivity (Wildman–Crippen MR) is 132 cm³/mol. The molecule has 6 heteroatoms. The van der Waals surface area contributed by atoms with Crippen molar-refractivity contribution >= 4 is 5.57 Å². The molecule has 8 atom stereocenters. The van der Waals surface area contributed by atoms with Gasteiger partial charge in [0, 0.05) is 12.0 Å². The van der Waals surface area contributed by atoms with Crippen molar-refractivity contribution in [3.63, 3.8) is 0 Å². The number of allylic oxidation sites excluding steroid dienone is 2. The van der Waals surface area contributed by atoms with Crippen molar-refractivity contribution < 1.29 is 20.1 Å². The van der Waals surface area contributed by atoms with Crippen LogP contribution in [0.2, 0.25) is 0 Å². The van der Waals surface area contributed by atoms with Crippen LogP contribution in [0.4, 0.5) is 0 Å². The SMILES string of the molecule is CN(C)[C@H]1C[C@@]23CC[C@]4(O2)C2CC=C(c5ccc(CO)cc5)[C@@]2(C)CCC4(C#N)C=C3[C@@H](O)[C@@H]1O. The van der Waals surface area contributed by atoms with Crippen LogP contribution in [-0.4, -0.2) is 63.8 Å². The van der Waals surface area contributed by atoms with Crippen LogP contribution in [0.25, 0.3) is 5.57 Å². The quantitative estimate of drug-likeness (QED) is 0.580. The van der Waals surface area contributed by atoms with E-state index in [0.717, 1.165) is 36.8 Å². The van der Waals surface area contributed by atoms with Crippen molar-refractivity contribution in [3.8, 4) is 6.07 Å². The van der Waals surface area contributed by atoms with Crippen LogP contribution in [0.15, 0.2) is 42.0 Å². The number of benzene rings is 1. The molecule has 1 saturated heterocycles. The van der Waals surface area contributed by atoms with Gasteiger partial charge in [0.05, 0.1) is 30.0 Å². The summed E-state index contributed by atoms with van der Waals surface area (Å²) in [5.74, 6) is 0.162. The molecule has 5 aliphatic rings. The number of hydrogen-bond acceptors (Lipinski definition) is 6. The first-order valence-corrected chi connectivity index (χ1v) is 12.9. The first-order valence-electron chi connectivity index (χ1n) is 12.9. The molecule has 6 rings (SSSR count). The Bertz CT molecular complexity index is 1150. The van der Waals surface area contributed by atoms with E-state index < -0.39 is 28.8 Å². The maximum absolute atomic E-state index is 11.2.